The van der Waals surface area contributed by atoms with Crippen LogP contribution in [0.3, 0.4) is 0 Å². The third-order valence-corrected chi connectivity index (χ3v) is 4.94. The van der Waals surface area contributed by atoms with E-state index in [1.165, 1.54) is 12.8 Å². The molecule has 78 valence electrons. The third kappa shape index (κ3) is 2.78. The van der Waals surface area contributed by atoms with Crippen LogP contribution >= 0.6 is 0 Å². The lowest BCUT2D eigenvalue weighted by atomic mass is 9.82. The molecule has 0 aromatic rings. The van der Waals surface area contributed by atoms with Crippen molar-refractivity contribution >= 4 is 10.8 Å². The maximum Gasteiger partial charge on any atom is 0.0390 e. The summed E-state index contributed by atoms with van der Waals surface area (Å²) in [7, 11) is -0.644. The van der Waals surface area contributed by atoms with Gasteiger partial charge in [-0.25, -0.2) is 0 Å². The predicted octanol–water partition coefficient (Wildman–Crippen LogP) is 1.52. The molecule has 3 heteroatoms. The van der Waals surface area contributed by atoms with E-state index in [0.717, 1.165) is 18.1 Å². The minimum absolute atomic E-state index is 0.374. The lowest BCUT2D eigenvalue weighted by molar-refractivity contribution is 0.302. The quantitative estimate of drug-likeness (QED) is 0.755. The zero-order valence-corrected chi connectivity index (χ0v) is 9.48. The minimum atomic E-state index is -0.644. The Morgan fingerprint density at radius 3 is 2.69 bits per heavy atom. The fraction of sp³-hybridized carbons (Fsp3) is 1.00. The summed E-state index contributed by atoms with van der Waals surface area (Å²) in [6.07, 6.45) is 3.55. The largest absolute Gasteiger partial charge is 0.330 e. The number of hydrogen-bond acceptors (Lipinski definition) is 2. The standard InChI is InChI=1S/C10H21NOS/c1-3-13(12)10-6-8(2)4-5-9(10)7-11/h8-10H,3-7,11H2,1-2H3. The van der Waals surface area contributed by atoms with Crippen LogP contribution in [0.1, 0.15) is 33.1 Å². The number of rotatable bonds is 3. The summed E-state index contributed by atoms with van der Waals surface area (Å²) in [6, 6.07) is 0. The van der Waals surface area contributed by atoms with E-state index in [2.05, 4.69) is 6.92 Å². The van der Waals surface area contributed by atoms with Crippen molar-refractivity contribution in [2.24, 2.45) is 17.6 Å². The highest BCUT2D eigenvalue weighted by Crippen LogP contribution is 2.31. The van der Waals surface area contributed by atoms with Crippen LogP contribution in [0.4, 0.5) is 0 Å². The van der Waals surface area contributed by atoms with Gasteiger partial charge < -0.3 is 5.73 Å². The first-order chi connectivity index (χ1) is 6.19. The number of hydrogen-bond donors (Lipinski definition) is 1. The predicted molar refractivity (Wildman–Crippen MR) is 58.0 cm³/mol. The van der Waals surface area contributed by atoms with E-state index in [1.54, 1.807) is 0 Å². The van der Waals surface area contributed by atoms with Crippen LogP contribution in [-0.2, 0) is 10.8 Å². The zero-order valence-electron chi connectivity index (χ0n) is 8.66. The van der Waals surface area contributed by atoms with E-state index >= 15 is 0 Å². The molecule has 0 heterocycles. The van der Waals surface area contributed by atoms with Crippen LogP contribution < -0.4 is 5.73 Å². The fourth-order valence-corrected chi connectivity index (χ4v) is 3.84. The Hall–Kier alpha value is 0.110. The van der Waals surface area contributed by atoms with Crippen molar-refractivity contribution in [3.8, 4) is 0 Å². The van der Waals surface area contributed by atoms with E-state index in [-0.39, 0.29) is 0 Å². The van der Waals surface area contributed by atoms with Gasteiger partial charge in [0.2, 0.25) is 0 Å². The molecule has 4 atom stereocenters. The van der Waals surface area contributed by atoms with Gasteiger partial charge in [-0.15, -0.1) is 0 Å². The molecule has 0 aromatic heterocycles. The van der Waals surface area contributed by atoms with E-state index < -0.39 is 10.8 Å². The fourth-order valence-electron chi connectivity index (χ4n) is 2.20. The molecule has 0 aromatic carbocycles. The van der Waals surface area contributed by atoms with Crippen LogP contribution in [0.25, 0.3) is 0 Å². The van der Waals surface area contributed by atoms with Crippen molar-refractivity contribution in [2.45, 2.75) is 38.4 Å². The zero-order chi connectivity index (χ0) is 9.84. The minimum Gasteiger partial charge on any atom is -0.330 e. The summed E-state index contributed by atoms with van der Waals surface area (Å²) in [5.74, 6) is 2.04. The summed E-state index contributed by atoms with van der Waals surface area (Å²) in [5, 5.41) is 0.374. The molecule has 0 amide bonds. The second-order valence-corrected chi connectivity index (χ2v) is 6.07. The Bertz CT molecular complexity index is 184. The molecule has 0 spiro atoms. The summed E-state index contributed by atoms with van der Waals surface area (Å²) >= 11 is 0. The maximum absolute atomic E-state index is 11.7. The monoisotopic (exact) mass is 203 g/mol. The van der Waals surface area contributed by atoms with Gasteiger partial charge in [-0.3, -0.25) is 4.21 Å². The van der Waals surface area contributed by atoms with Crippen molar-refractivity contribution in [3.05, 3.63) is 0 Å². The Labute approximate surface area is 83.7 Å². The van der Waals surface area contributed by atoms with E-state index in [1.807, 2.05) is 6.92 Å². The molecular weight excluding hydrogens is 182 g/mol. The van der Waals surface area contributed by atoms with E-state index in [9.17, 15) is 4.21 Å². The van der Waals surface area contributed by atoms with E-state index in [4.69, 9.17) is 5.73 Å². The highest BCUT2D eigenvalue weighted by Gasteiger charge is 2.30. The van der Waals surface area contributed by atoms with Gasteiger partial charge in [-0.2, -0.15) is 0 Å². The van der Waals surface area contributed by atoms with Gasteiger partial charge in [-0.1, -0.05) is 20.3 Å². The molecule has 1 aliphatic rings. The van der Waals surface area contributed by atoms with Crippen LogP contribution in [0, 0.1) is 11.8 Å². The summed E-state index contributed by atoms with van der Waals surface area (Å²) in [4.78, 5) is 0. The average molecular weight is 203 g/mol. The normalized spacial score (nSPS) is 37.3. The molecule has 1 rings (SSSR count). The Kier molecular flexibility index (Phi) is 4.39. The first kappa shape index (κ1) is 11.2. The van der Waals surface area contributed by atoms with Gasteiger partial charge in [0, 0.05) is 21.8 Å². The third-order valence-electron chi connectivity index (χ3n) is 3.12. The van der Waals surface area contributed by atoms with Gasteiger partial charge >= 0.3 is 0 Å². The first-order valence-electron chi connectivity index (χ1n) is 5.26. The van der Waals surface area contributed by atoms with Gasteiger partial charge in [-0.05, 0) is 31.2 Å². The second-order valence-electron chi connectivity index (χ2n) is 4.12. The molecule has 1 saturated carbocycles. The maximum atomic E-state index is 11.7. The summed E-state index contributed by atoms with van der Waals surface area (Å²) in [5.41, 5.74) is 5.70. The topological polar surface area (TPSA) is 43.1 Å². The lowest BCUT2D eigenvalue weighted by Gasteiger charge is -2.33. The molecule has 0 bridgehead atoms. The molecule has 1 aliphatic carbocycles. The molecule has 0 aliphatic heterocycles. The van der Waals surface area contributed by atoms with Crippen molar-refractivity contribution < 1.29 is 4.21 Å². The summed E-state index contributed by atoms with van der Waals surface area (Å²) in [6.45, 7) is 4.97. The van der Waals surface area contributed by atoms with Crippen molar-refractivity contribution in [1.29, 1.82) is 0 Å². The summed E-state index contributed by atoms with van der Waals surface area (Å²) < 4.78 is 11.7. The highest BCUT2D eigenvalue weighted by atomic mass is 32.2. The molecule has 0 saturated heterocycles. The van der Waals surface area contributed by atoms with E-state index in [0.29, 0.717) is 17.7 Å². The molecule has 4 unspecified atom stereocenters. The Balaban J connectivity index is 2.59. The van der Waals surface area contributed by atoms with Gasteiger partial charge in [0.15, 0.2) is 0 Å². The molecular formula is C10H21NOS. The highest BCUT2D eigenvalue weighted by molar-refractivity contribution is 7.85. The SMILES string of the molecule is CCS(=O)C1CC(C)CCC1CN. The molecule has 13 heavy (non-hydrogen) atoms. The smallest absolute Gasteiger partial charge is 0.0390 e. The van der Waals surface area contributed by atoms with Crippen LogP contribution in [0.5, 0.6) is 0 Å². The van der Waals surface area contributed by atoms with Crippen LogP contribution in [0.15, 0.2) is 0 Å². The van der Waals surface area contributed by atoms with Crippen molar-refractivity contribution in [1.82, 2.24) is 0 Å². The second kappa shape index (κ2) is 5.11. The van der Waals surface area contributed by atoms with Crippen molar-refractivity contribution in [2.75, 3.05) is 12.3 Å². The van der Waals surface area contributed by atoms with Gasteiger partial charge in [0.25, 0.3) is 0 Å². The van der Waals surface area contributed by atoms with Crippen molar-refractivity contribution in [3.63, 3.8) is 0 Å². The van der Waals surface area contributed by atoms with Crippen LogP contribution in [-0.4, -0.2) is 21.8 Å². The Morgan fingerprint density at radius 2 is 2.15 bits per heavy atom. The van der Waals surface area contributed by atoms with Gasteiger partial charge in [0.05, 0.1) is 0 Å². The molecule has 1 fully saturated rings. The first-order valence-corrected chi connectivity index (χ1v) is 6.64. The molecule has 2 N–H and O–H groups in total. The average Bonchev–Trinajstić information content (AvgIpc) is 2.16. The Morgan fingerprint density at radius 1 is 1.46 bits per heavy atom. The molecule has 0 radical (unpaired) electrons. The molecule has 2 nitrogen and oxygen atoms in total. The lowest BCUT2D eigenvalue weighted by Crippen LogP contribution is -2.37. The van der Waals surface area contributed by atoms with Gasteiger partial charge in [0.1, 0.15) is 0 Å². The number of nitrogens with two attached hydrogens (primary N) is 1. The van der Waals surface area contributed by atoms with Crippen LogP contribution in [0.2, 0.25) is 0 Å².